The molecule has 1 saturated heterocycles. The van der Waals surface area contributed by atoms with Gasteiger partial charge in [-0.15, -0.1) is 0 Å². The van der Waals surface area contributed by atoms with Crippen LogP contribution in [-0.4, -0.2) is 47.1 Å². The van der Waals surface area contributed by atoms with E-state index in [1.165, 1.54) is 24.9 Å². The molecule has 144 valence electrons. The lowest BCUT2D eigenvalue weighted by atomic mass is 9.88. The maximum atomic E-state index is 12.7. The van der Waals surface area contributed by atoms with Gasteiger partial charge >= 0.3 is 0 Å². The van der Waals surface area contributed by atoms with Crippen molar-refractivity contribution >= 4 is 11.6 Å². The van der Waals surface area contributed by atoms with Crippen molar-refractivity contribution in [2.75, 3.05) is 31.1 Å². The summed E-state index contributed by atoms with van der Waals surface area (Å²) >= 11 is 0. The zero-order valence-corrected chi connectivity index (χ0v) is 16.1. The van der Waals surface area contributed by atoms with Gasteiger partial charge in [0.2, 0.25) is 17.6 Å². The summed E-state index contributed by atoms with van der Waals surface area (Å²) < 4.78 is 5.19. The molecule has 4 rings (SSSR count). The van der Waals surface area contributed by atoms with Crippen molar-refractivity contribution in [1.82, 2.24) is 15.0 Å². The van der Waals surface area contributed by atoms with E-state index in [2.05, 4.69) is 32.1 Å². The minimum atomic E-state index is 0.271. The largest absolute Gasteiger partial charge is 0.368 e. The highest BCUT2D eigenvalue weighted by Gasteiger charge is 2.28. The summed E-state index contributed by atoms with van der Waals surface area (Å²) in [6, 6.07) is 8.30. The lowest BCUT2D eigenvalue weighted by molar-refractivity contribution is -0.136. The summed E-state index contributed by atoms with van der Waals surface area (Å²) in [5, 5.41) is 4.03. The first-order valence-electron chi connectivity index (χ1n) is 10.2. The first-order chi connectivity index (χ1) is 13.2. The third-order valence-electron chi connectivity index (χ3n) is 5.81. The zero-order valence-electron chi connectivity index (χ0n) is 16.1. The van der Waals surface area contributed by atoms with Gasteiger partial charge in [-0.25, -0.2) is 0 Å². The van der Waals surface area contributed by atoms with Gasteiger partial charge in [-0.05, 0) is 37.1 Å². The first-order valence-corrected chi connectivity index (χ1v) is 10.2. The van der Waals surface area contributed by atoms with Crippen molar-refractivity contribution in [1.29, 1.82) is 0 Å². The quantitative estimate of drug-likeness (QED) is 0.826. The van der Waals surface area contributed by atoms with Crippen LogP contribution in [0.2, 0.25) is 0 Å². The Kier molecular flexibility index (Phi) is 5.41. The fourth-order valence-electron chi connectivity index (χ4n) is 4.13. The third kappa shape index (κ3) is 3.99. The van der Waals surface area contributed by atoms with Crippen molar-refractivity contribution < 1.29 is 9.32 Å². The average Bonchev–Trinajstić information content (AvgIpc) is 3.23. The number of piperazine rings is 1. The Hall–Kier alpha value is -2.37. The predicted octanol–water partition coefficient (Wildman–Crippen LogP) is 3.53. The number of nitrogens with zero attached hydrogens (tertiary/aromatic N) is 4. The summed E-state index contributed by atoms with van der Waals surface area (Å²) in [6.45, 7) is 5.42. The summed E-state index contributed by atoms with van der Waals surface area (Å²) in [6.07, 6.45) is 6.62. The van der Waals surface area contributed by atoms with Gasteiger partial charge in [0.25, 0.3) is 0 Å². The van der Waals surface area contributed by atoms with Crippen LogP contribution in [0.4, 0.5) is 5.69 Å². The Bertz CT molecular complexity index is 757. The number of carbonyl (C=O) groups excluding carboxylic acids is 1. The van der Waals surface area contributed by atoms with E-state index < -0.39 is 0 Å². The van der Waals surface area contributed by atoms with Crippen LogP contribution in [0.15, 0.2) is 28.8 Å². The lowest BCUT2D eigenvalue weighted by Crippen LogP contribution is -2.50. The Morgan fingerprint density at radius 3 is 2.41 bits per heavy atom. The molecule has 1 aromatic carbocycles. The van der Waals surface area contributed by atoms with E-state index in [1.54, 1.807) is 0 Å². The molecule has 0 N–H and O–H groups in total. The Morgan fingerprint density at radius 1 is 1.07 bits per heavy atom. The number of rotatable bonds is 4. The number of aryl methyl sites for hydroxylation is 1. The van der Waals surface area contributed by atoms with Crippen LogP contribution in [0.5, 0.6) is 0 Å². The molecular formula is C21H28N4O2. The van der Waals surface area contributed by atoms with E-state index in [0.717, 1.165) is 51.0 Å². The van der Waals surface area contributed by atoms with Crippen LogP contribution >= 0.6 is 0 Å². The molecule has 0 bridgehead atoms. The van der Waals surface area contributed by atoms with Crippen molar-refractivity contribution in [2.45, 2.75) is 45.4 Å². The minimum Gasteiger partial charge on any atom is -0.368 e. The number of aromatic nitrogens is 2. The SMILES string of the molecule is CCc1nc(-c2ccc(N3CCN(C(=O)C4CCCCC4)CC3)cc2)no1. The van der Waals surface area contributed by atoms with Crippen molar-refractivity contribution in [2.24, 2.45) is 5.92 Å². The molecule has 1 aliphatic heterocycles. The maximum Gasteiger partial charge on any atom is 0.226 e. The monoisotopic (exact) mass is 368 g/mol. The summed E-state index contributed by atoms with van der Waals surface area (Å²) in [4.78, 5) is 21.5. The van der Waals surface area contributed by atoms with Gasteiger partial charge in [-0.2, -0.15) is 4.98 Å². The number of amides is 1. The fourth-order valence-corrected chi connectivity index (χ4v) is 4.13. The second-order valence-corrected chi connectivity index (χ2v) is 7.56. The molecule has 6 nitrogen and oxygen atoms in total. The van der Waals surface area contributed by atoms with Crippen LogP contribution < -0.4 is 4.90 Å². The van der Waals surface area contributed by atoms with E-state index in [1.807, 2.05) is 19.1 Å². The number of hydrogen-bond acceptors (Lipinski definition) is 5. The van der Waals surface area contributed by atoms with E-state index >= 15 is 0 Å². The van der Waals surface area contributed by atoms with Crippen LogP contribution in [-0.2, 0) is 11.2 Å². The molecule has 2 aromatic rings. The molecule has 1 aliphatic carbocycles. The van der Waals surface area contributed by atoms with Gasteiger partial charge in [0, 0.05) is 49.8 Å². The summed E-state index contributed by atoms with van der Waals surface area (Å²) in [5.41, 5.74) is 2.15. The molecule has 2 fully saturated rings. The van der Waals surface area contributed by atoms with Gasteiger partial charge in [0.15, 0.2) is 0 Å². The van der Waals surface area contributed by atoms with E-state index in [4.69, 9.17) is 4.52 Å². The second-order valence-electron chi connectivity index (χ2n) is 7.56. The molecule has 0 atom stereocenters. The molecule has 2 heterocycles. The van der Waals surface area contributed by atoms with Gasteiger partial charge in [-0.3, -0.25) is 4.79 Å². The van der Waals surface area contributed by atoms with E-state index in [9.17, 15) is 4.79 Å². The molecule has 1 saturated carbocycles. The summed E-state index contributed by atoms with van der Waals surface area (Å²) in [7, 11) is 0. The number of hydrogen-bond donors (Lipinski definition) is 0. The average molecular weight is 368 g/mol. The van der Waals surface area contributed by atoms with Crippen molar-refractivity contribution in [3.8, 4) is 11.4 Å². The smallest absolute Gasteiger partial charge is 0.226 e. The highest BCUT2D eigenvalue weighted by atomic mass is 16.5. The molecule has 1 aromatic heterocycles. The Morgan fingerprint density at radius 2 is 1.78 bits per heavy atom. The topological polar surface area (TPSA) is 62.5 Å². The highest BCUT2D eigenvalue weighted by molar-refractivity contribution is 5.79. The zero-order chi connectivity index (χ0) is 18.6. The standard InChI is InChI=1S/C21H28N4O2/c1-2-19-22-20(23-27-19)16-8-10-18(11-9-16)24-12-14-25(15-13-24)21(26)17-6-4-3-5-7-17/h8-11,17H,2-7,12-15H2,1H3. The molecule has 1 amide bonds. The third-order valence-corrected chi connectivity index (χ3v) is 5.81. The molecule has 27 heavy (non-hydrogen) atoms. The summed E-state index contributed by atoms with van der Waals surface area (Å²) in [5.74, 6) is 1.95. The second kappa shape index (κ2) is 8.11. The molecule has 2 aliphatic rings. The fraction of sp³-hybridized carbons (Fsp3) is 0.571. The van der Waals surface area contributed by atoms with Crippen LogP contribution in [0.25, 0.3) is 11.4 Å². The van der Waals surface area contributed by atoms with Gasteiger partial charge < -0.3 is 14.3 Å². The van der Waals surface area contributed by atoms with Crippen molar-refractivity contribution in [3.05, 3.63) is 30.2 Å². The number of benzene rings is 1. The van der Waals surface area contributed by atoms with Crippen molar-refractivity contribution in [3.63, 3.8) is 0 Å². The van der Waals surface area contributed by atoms with E-state index in [0.29, 0.717) is 17.6 Å². The highest BCUT2D eigenvalue weighted by Crippen LogP contribution is 2.27. The molecule has 6 heteroatoms. The first kappa shape index (κ1) is 18.0. The van der Waals surface area contributed by atoms with Crippen LogP contribution in [0.3, 0.4) is 0 Å². The minimum absolute atomic E-state index is 0.271. The van der Waals surface area contributed by atoms with Gasteiger partial charge in [-0.1, -0.05) is 31.3 Å². The number of carbonyl (C=O) groups is 1. The maximum absolute atomic E-state index is 12.7. The molecular weight excluding hydrogens is 340 g/mol. The Balaban J connectivity index is 1.34. The van der Waals surface area contributed by atoms with Crippen LogP contribution in [0, 0.1) is 5.92 Å². The molecule has 0 spiro atoms. The van der Waals surface area contributed by atoms with Gasteiger partial charge in [0.1, 0.15) is 0 Å². The number of anilines is 1. The molecule has 0 unspecified atom stereocenters. The normalized spacial score (nSPS) is 18.7. The molecule has 0 radical (unpaired) electrons. The van der Waals surface area contributed by atoms with Gasteiger partial charge in [0.05, 0.1) is 0 Å². The Labute approximate surface area is 160 Å². The van der Waals surface area contributed by atoms with E-state index in [-0.39, 0.29) is 5.92 Å². The lowest BCUT2D eigenvalue weighted by Gasteiger charge is -2.38. The van der Waals surface area contributed by atoms with Crippen LogP contribution in [0.1, 0.15) is 44.9 Å². The predicted molar refractivity (Wildman–Crippen MR) is 104 cm³/mol.